The second-order valence-corrected chi connectivity index (χ2v) is 6.54. The maximum Gasteiger partial charge on any atom is 0.402 e. The Kier molecular flexibility index (Phi) is 6.20. The molecule has 164 valence electrons. The van der Waals surface area contributed by atoms with Crippen LogP contribution in [0.3, 0.4) is 0 Å². The van der Waals surface area contributed by atoms with Gasteiger partial charge in [0.1, 0.15) is 16.9 Å². The molecule has 0 aliphatic rings. The van der Waals surface area contributed by atoms with Gasteiger partial charge in [-0.05, 0) is 5.56 Å². The molecular weight excluding hydrogens is 420 g/mol. The lowest BCUT2D eigenvalue weighted by molar-refractivity contribution is -0.255. The van der Waals surface area contributed by atoms with Crippen molar-refractivity contribution in [3.05, 3.63) is 66.2 Å². The molecule has 4 aromatic rings. The van der Waals surface area contributed by atoms with Gasteiger partial charge in [0.25, 0.3) is 0 Å². The molecule has 9 heteroatoms. The van der Waals surface area contributed by atoms with Crippen LogP contribution in [-0.2, 0) is 0 Å². The summed E-state index contributed by atoms with van der Waals surface area (Å²) < 4.78 is 10.5. The number of carbonyl (C=O) groups excluding carboxylic acids is 1. The van der Waals surface area contributed by atoms with E-state index in [1.54, 1.807) is 18.2 Å². The van der Waals surface area contributed by atoms with E-state index in [-0.39, 0.29) is 50.9 Å². The van der Waals surface area contributed by atoms with Gasteiger partial charge in [0.15, 0.2) is 11.5 Å². The van der Waals surface area contributed by atoms with Gasteiger partial charge in [-0.25, -0.2) is 4.42 Å². The van der Waals surface area contributed by atoms with Crippen molar-refractivity contribution in [1.82, 2.24) is 0 Å². The molecule has 0 saturated heterocycles. The summed E-state index contributed by atoms with van der Waals surface area (Å²) in [6, 6.07) is 14.3. The van der Waals surface area contributed by atoms with E-state index in [2.05, 4.69) is 0 Å². The second-order valence-electron chi connectivity index (χ2n) is 6.54. The Hall–Kier alpha value is -4.66. The first-order chi connectivity index (χ1) is 15.2. The number of phenolic OH excluding ortho intramolecular Hbond substituents is 4. The number of carbonyl (C=O) groups is 1. The lowest BCUT2D eigenvalue weighted by Crippen LogP contribution is -2.21. The van der Waals surface area contributed by atoms with Gasteiger partial charge in [0.05, 0.1) is 24.7 Å². The SMILES string of the molecule is COc1cc(-c2[o+]c3cc(O)cc(O)c3cc2O)cc(O)c1O.O=C([O-])c1ccccc1. The van der Waals surface area contributed by atoms with Crippen LogP contribution in [0.25, 0.3) is 22.3 Å². The van der Waals surface area contributed by atoms with Crippen LogP contribution in [0.2, 0.25) is 0 Å². The van der Waals surface area contributed by atoms with Crippen LogP contribution in [0.5, 0.6) is 34.5 Å². The number of hydrogen-bond donors (Lipinski definition) is 5. The Morgan fingerprint density at radius 1 is 0.875 bits per heavy atom. The molecular formula is C23H18O9. The quantitative estimate of drug-likeness (QED) is 0.239. The molecule has 0 aliphatic carbocycles. The molecule has 0 aliphatic heterocycles. The van der Waals surface area contributed by atoms with Gasteiger partial charge in [-0.3, -0.25) is 0 Å². The van der Waals surface area contributed by atoms with Crippen LogP contribution in [-0.4, -0.2) is 38.6 Å². The number of ether oxygens (including phenoxy) is 1. The number of fused-ring (bicyclic) bond motifs is 1. The predicted molar refractivity (Wildman–Crippen MR) is 112 cm³/mol. The minimum atomic E-state index is -1.13. The van der Waals surface area contributed by atoms with Crippen LogP contribution >= 0.6 is 0 Å². The highest BCUT2D eigenvalue weighted by atomic mass is 16.5. The Balaban J connectivity index is 0.000000269. The Morgan fingerprint density at radius 2 is 1.56 bits per heavy atom. The zero-order valence-corrected chi connectivity index (χ0v) is 16.6. The highest BCUT2D eigenvalue weighted by molar-refractivity contribution is 5.88. The highest BCUT2D eigenvalue weighted by Gasteiger charge is 2.26. The third kappa shape index (κ3) is 4.57. The predicted octanol–water partition coefficient (Wildman–Crippen LogP) is 2.97. The standard InChI is InChI=1S/C16H12O7.C7H6O2/c1-22-14-3-7(2-11(19)15(14)21)16-12(20)6-9-10(18)4-8(17)5-13(9)23-16;8-7(9)6-4-2-1-3-5-6/h2-6H,1H3,(H4-,17,18,19,20,21);1-5H,(H,8,9). The van der Waals surface area contributed by atoms with Crippen molar-refractivity contribution in [3.8, 4) is 45.8 Å². The van der Waals surface area contributed by atoms with Gasteiger partial charge >= 0.3 is 11.3 Å². The number of carboxylic acids is 1. The van der Waals surface area contributed by atoms with Crippen molar-refractivity contribution in [3.63, 3.8) is 0 Å². The fraction of sp³-hybridized carbons (Fsp3) is 0.0435. The molecule has 5 N–H and O–H groups in total. The van der Waals surface area contributed by atoms with Crippen LogP contribution < -0.4 is 9.84 Å². The van der Waals surface area contributed by atoms with Gasteiger partial charge in [-0.2, -0.15) is 0 Å². The minimum absolute atomic E-state index is 0.00606. The zero-order chi connectivity index (χ0) is 23.4. The number of benzene rings is 3. The normalized spacial score (nSPS) is 10.3. The third-order valence-corrected chi connectivity index (χ3v) is 4.38. The van der Waals surface area contributed by atoms with Gasteiger partial charge in [-0.15, -0.1) is 0 Å². The molecule has 0 unspecified atom stereocenters. The largest absolute Gasteiger partial charge is 0.545 e. The molecule has 0 fully saturated rings. The van der Waals surface area contributed by atoms with Crippen molar-refractivity contribution >= 4 is 16.9 Å². The molecule has 0 spiro atoms. The van der Waals surface area contributed by atoms with Crippen molar-refractivity contribution in [2.24, 2.45) is 0 Å². The first kappa shape index (κ1) is 22.0. The van der Waals surface area contributed by atoms with Crippen molar-refractivity contribution in [2.75, 3.05) is 7.11 Å². The summed E-state index contributed by atoms with van der Waals surface area (Å²) >= 11 is 0. The monoisotopic (exact) mass is 438 g/mol. The van der Waals surface area contributed by atoms with Gasteiger partial charge < -0.3 is 40.2 Å². The number of methoxy groups -OCH3 is 1. The Morgan fingerprint density at radius 3 is 2.16 bits per heavy atom. The molecule has 9 nitrogen and oxygen atoms in total. The Bertz CT molecular complexity index is 1280. The molecule has 0 amide bonds. The van der Waals surface area contributed by atoms with Gasteiger partial charge in [-0.1, -0.05) is 30.3 Å². The van der Waals surface area contributed by atoms with E-state index >= 15 is 0 Å². The summed E-state index contributed by atoms with van der Waals surface area (Å²) in [4.78, 5) is 10.1. The zero-order valence-electron chi connectivity index (χ0n) is 16.6. The fourth-order valence-electron chi connectivity index (χ4n) is 2.85. The van der Waals surface area contributed by atoms with Gasteiger partial charge in [0, 0.05) is 24.3 Å². The lowest BCUT2D eigenvalue weighted by Gasteiger charge is -2.06. The number of hydrogen-bond acceptors (Lipinski definition) is 8. The first-order valence-corrected chi connectivity index (χ1v) is 9.09. The molecule has 1 aromatic heterocycles. The molecule has 0 bridgehead atoms. The summed E-state index contributed by atoms with van der Waals surface area (Å²) in [5, 5.41) is 59.1. The van der Waals surface area contributed by atoms with E-state index in [0.29, 0.717) is 0 Å². The molecule has 0 saturated carbocycles. The summed E-state index contributed by atoms with van der Waals surface area (Å²) in [5.41, 5.74) is 0.582. The van der Waals surface area contributed by atoms with E-state index in [1.165, 1.54) is 43.5 Å². The molecule has 4 rings (SSSR count). The molecule has 0 radical (unpaired) electrons. The molecule has 1 heterocycles. The average molecular weight is 438 g/mol. The number of phenols is 4. The van der Waals surface area contributed by atoms with E-state index < -0.39 is 17.5 Å². The third-order valence-electron chi connectivity index (χ3n) is 4.38. The second kappa shape index (κ2) is 9.00. The summed E-state index contributed by atoms with van der Waals surface area (Å²) in [5.74, 6) is -2.82. The summed E-state index contributed by atoms with van der Waals surface area (Å²) in [6.07, 6.45) is 0. The van der Waals surface area contributed by atoms with Crippen molar-refractivity contribution in [2.45, 2.75) is 0 Å². The molecule has 32 heavy (non-hydrogen) atoms. The number of aromatic carboxylic acids is 1. The number of rotatable bonds is 3. The van der Waals surface area contributed by atoms with Crippen LogP contribution in [0.4, 0.5) is 0 Å². The smallest absolute Gasteiger partial charge is 0.402 e. The number of aromatic hydroxyl groups is 5. The minimum Gasteiger partial charge on any atom is -0.545 e. The van der Waals surface area contributed by atoms with Crippen LogP contribution in [0.1, 0.15) is 10.4 Å². The first-order valence-electron chi connectivity index (χ1n) is 9.09. The van der Waals surface area contributed by atoms with Gasteiger partial charge in [0.2, 0.25) is 11.5 Å². The lowest BCUT2D eigenvalue weighted by atomic mass is 10.1. The van der Waals surface area contributed by atoms with E-state index in [0.717, 1.165) is 6.07 Å². The van der Waals surface area contributed by atoms with E-state index in [9.17, 15) is 35.4 Å². The summed E-state index contributed by atoms with van der Waals surface area (Å²) in [6.45, 7) is 0. The van der Waals surface area contributed by atoms with Crippen molar-refractivity contribution in [1.29, 1.82) is 0 Å². The highest BCUT2D eigenvalue weighted by Crippen LogP contribution is 2.43. The van der Waals surface area contributed by atoms with E-state index in [1.807, 2.05) is 0 Å². The number of carboxylic acid groups (broad SMARTS) is 1. The maximum atomic E-state index is 10.1. The van der Waals surface area contributed by atoms with Crippen LogP contribution in [0, 0.1) is 0 Å². The van der Waals surface area contributed by atoms with Crippen molar-refractivity contribution < 1.29 is 44.6 Å². The topological polar surface area (TPSA) is 162 Å². The summed E-state index contributed by atoms with van der Waals surface area (Å²) in [7, 11) is 1.31. The maximum absolute atomic E-state index is 10.1. The average Bonchev–Trinajstić information content (AvgIpc) is 2.77. The van der Waals surface area contributed by atoms with E-state index in [4.69, 9.17) is 9.15 Å². The molecule has 0 atom stereocenters. The fourth-order valence-corrected chi connectivity index (χ4v) is 2.85. The van der Waals surface area contributed by atoms with Crippen LogP contribution in [0.15, 0.2) is 65.1 Å². The molecule has 3 aromatic carbocycles. The Labute approximate surface area is 181 Å².